The fourth-order valence-corrected chi connectivity index (χ4v) is 3.40. The van der Waals surface area contributed by atoms with E-state index in [9.17, 15) is 39.6 Å². The van der Waals surface area contributed by atoms with Crippen molar-refractivity contribution in [3.8, 4) is 17.1 Å². The van der Waals surface area contributed by atoms with Crippen LogP contribution in [-0.4, -0.2) is 49.0 Å². The number of aromatic hydroxyl groups is 1. The number of fused-ring (bicyclic) bond motifs is 1. The lowest BCUT2D eigenvalue weighted by Crippen LogP contribution is -2.50. The Kier molecular flexibility index (Phi) is 5.50. The summed E-state index contributed by atoms with van der Waals surface area (Å²) < 4.78 is 5.68. The van der Waals surface area contributed by atoms with E-state index in [0.29, 0.717) is 0 Å². The molecule has 2 aromatic carbocycles. The van der Waals surface area contributed by atoms with Crippen molar-refractivity contribution in [3.63, 3.8) is 0 Å². The van der Waals surface area contributed by atoms with Crippen molar-refractivity contribution in [1.29, 1.82) is 0 Å². The lowest BCUT2D eigenvalue weighted by Gasteiger charge is -2.29. The van der Waals surface area contributed by atoms with Crippen molar-refractivity contribution >= 4 is 28.9 Å². The highest BCUT2D eigenvalue weighted by atomic mass is 16.4. The molecule has 0 spiro atoms. The summed E-state index contributed by atoms with van der Waals surface area (Å²) in [5.74, 6) is -9.39. The zero-order chi connectivity index (χ0) is 22.9. The second kappa shape index (κ2) is 7.92. The van der Waals surface area contributed by atoms with Gasteiger partial charge in [0.05, 0.1) is 12.0 Å². The van der Waals surface area contributed by atoms with Gasteiger partial charge in [0, 0.05) is 5.56 Å². The van der Waals surface area contributed by atoms with E-state index in [1.807, 2.05) is 0 Å². The normalized spacial score (nSPS) is 14.0. The van der Waals surface area contributed by atoms with Gasteiger partial charge in [-0.2, -0.15) is 0 Å². The molecule has 0 aliphatic rings. The van der Waals surface area contributed by atoms with Crippen molar-refractivity contribution < 1.29 is 44.3 Å². The van der Waals surface area contributed by atoms with Crippen molar-refractivity contribution in [3.05, 3.63) is 64.3 Å². The molecule has 10 nitrogen and oxygen atoms in total. The molecule has 3 aromatic rings. The Balaban J connectivity index is 2.50. The van der Waals surface area contributed by atoms with E-state index in [-0.39, 0.29) is 16.9 Å². The van der Waals surface area contributed by atoms with Crippen molar-refractivity contribution in [2.24, 2.45) is 0 Å². The van der Waals surface area contributed by atoms with Gasteiger partial charge in [-0.05, 0) is 12.1 Å². The van der Waals surface area contributed by atoms with Gasteiger partial charge in [0.2, 0.25) is 5.43 Å². The lowest BCUT2D eigenvalue weighted by molar-refractivity contribution is -0.173. The Labute approximate surface area is 173 Å². The van der Waals surface area contributed by atoms with E-state index in [1.165, 1.54) is 24.3 Å². The minimum Gasteiger partial charge on any atom is -0.507 e. The van der Waals surface area contributed by atoms with Crippen LogP contribution < -0.4 is 5.43 Å². The Morgan fingerprint density at radius 2 is 1.61 bits per heavy atom. The molecule has 0 saturated heterocycles. The number of benzene rings is 2. The molecular formula is C21H16O10. The Morgan fingerprint density at radius 1 is 0.968 bits per heavy atom. The second-order valence-corrected chi connectivity index (χ2v) is 6.76. The maximum absolute atomic E-state index is 13.3. The third-order valence-electron chi connectivity index (χ3n) is 4.77. The summed E-state index contributed by atoms with van der Waals surface area (Å²) >= 11 is 0. The summed E-state index contributed by atoms with van der Waals surface area (Å²) in [6.07, 6.45) is -1.51. The molecule has 2 unspecified atom stereocenters. The molecule has 31 heavy (non-hydrogen) atoms. The Hall–Kier alpha value is -4.18. The molecule has 3 rings (SSSR count). The zero-order valence-corrected chi connectivity index (χ0v) is 15.7. The molecule has 1 heterocycles. The molecule has 2 atom stereocenters. The molecule has 160 valence electrons. The fraction of sp³-hybridized carbons (Fsp3) is 0.143. The van der Waals surface area contributed by atoms with Crippen LogP contribution >= 0.6 is 0 Å². The largest absolute Gasteiger partial charge is 0.507 e. The van der Waals surface area contributed by atoms with E-state index >= 15 is 0 Å². The maximum atomic E-state index is 13.3. The monoisotopic (exact) mass is 428 g/mol. The third kappa shape index (κ3) is 3.71. The average Bonchev–Trinajstić information content (AvgIpc) is 2.69. The van der Waals surface area contributed by atoms with E-state index in [1.54, 1.807) is 18.2 Å². The summed E-state index contributed by atoms with van der Waals surface area (Å²) in [6, 6.07) is 11.5. The smallest absolute Gasteiger partial charge is 0.337 e. The fourth-order valence-electron chi connectivity index (χ4n) is 3.40. The standard InChI is InChI=1S/C21H16O10/c22-11-7-4-8-12-14(11)17(25)15(18(31-12)10-5-2-1-3-6-10)16(19(26)27)21(30,20(28)29)9-13(23)24/h1-8,16,22,30H,9H2,(H,23,24)(H,26,27)(H,28,29). The highest BCUT2D eigenvalue weighted by molar-refractivity contribution is 5.95. The lowest BCUT2D eigenvalue weighted by atomic mass is 9.78. The predicted octanol–water partition coefficient (Wildman–Crippen LogP) is 1.62. The first-order valence-electron chi connectivity index (χ1n) is 8.82. The molecule has 0 aliphatic carbocycles. The van der Waals surface area contributed by atoms with Crippen LogP contribution in [0.2, 0.25) is 0 Å². The number of rotatable bonds is 7. The Bertz CT molecular complexity index is 1240. The predicted molar refractivity (Wildman–Crippen MR) is 105 cm³/mol. The number of carboxylic acids is 3. The van der Waals surface area contributed by atoms with Gasteiger partial charge in [0.25, 0.3) is 0 Å². The molecule has 10 heteroatoms. The topological polar surface area (TPSA) is 183 Å². The van der Waals surface area contributed by atoms with Gasteiger partial charge in [0.15, 0.2) is 5.60 Å². The number of phenols is 1. The highest BCUT2D eigenvalue weighted by Gasteiger charge is 2.53. The van der Waals surface area contributed by atoms with Gasteiger partial charge in [-0.25, -0.2) is 4.79 Å². The van der Waals surface area contributed by atoms with Crippen molar-refractivity contribution in [2.45, 2.75) is 17.9 Å². The van der Waals surface area contributed by atoms with Gasteiger partial charge >= 0.3 is 17.9 Å². The molecule has 0 fully saturated rings. The number of hydrogen-bond acceptors (Lipinski definition) is 7. The summed E-state index contributed by atoms with van der Waals surface area (Å²) in [5, 5.41) is 48.8. The molecule has 5 N–H and O–H groups in total. The van der Waals surface area contributed by atoms with Crippen LogP contribution in [0.3, 0.4) is 0 Å². The van der Waals surface area contributed by atoms with Crippen LogP contribution in [0.1, 0.15) is 17.9 Å². The van der Waals surface area contributed by atoms with Crippen molar-refractivity contribution in [2.75, 3.05) is 0 Å². The summed E-state index contributed by atoms with van der Waals surface area (Å²) in [4.78, 5) is 48.5. The number of aliphatic carboxylic acids is 3. The van der Waals surface area contributed by atoms with E-state index < -0.39 is 58.0 Å². The van der Waals surface area contributed by atoms with Crippen LogP contribution in [-0.2, 0) is 14.4 Å². The molecule has 0 aliphatic heterocycles. The van der Waals surface area contributed by atoms with E-state index in [2.05, 4.69) is 0 Å². The molecule has 0 saturated carbocycles. The van der Waals surface area contributed by atoms with Gasteiger partial charge in [-0.3, -0.25) is 14.4 Å². The van der Waals surface area contributed by atoms with Gasteiger partial charge in [-0.1, -0.05) is 36.4 Å². The van der Waals surface area contributed by atoms with Crippen LogP contribution in [0, 0.1) is 0 Å². The number of carbonyl (C=O) groups is 3. The van der Waals surface area contributed by atoms with E-state index in [4.69, 9.17) is 9.52 Å². The molecule has 0 amide bonds. The molecular weight excluding hydrogens is 412 g/mol. The third-order valence-corrected chi connectivity index (χ3v) is 4.77. The first-order valence-corrected chi connectivity index (χ1v) is 8.82. The Morgan fingerprint density at radius 3 is 2.16 bits per heavy atom. The molecule has 0 bridgehead atoms. The van der Waals surface area contributed by atoms with Crippen LogP contribution in [0.15, 0.2) is 57.7 Å². The SMILES string of the molecule is O=C(O)CC(O)(C(=O)O)C(C(=O)O)c1c(-c2ccccc2)oc2cccc(O)c2c1=O. The zero-order valence-electron chi connectivity index (χ0n) is 15.7. The van der Waals surface area contributed by atoms with Crippen LogP contribution in [0.5, 0.6) is 5.75 Å². The summed E-state index contributed by atoms with van der Waals surface area (Å²) in [5.41, 5.74) is -5.26. The summed E-state index contributed by atoms with van der Waals surface area (Å²) in [6.45, 7) is 0. The quantitative estimate of drug-likeness (QED) is 0.371. The number of aliphatic hydroxyl groups is 1. The van der Waals surface area contributed by atoms with Crippen LogP contribution in [0.25, 0.3) is 22.3 Å². The highest BCUT2D eigenvalue weighted by Crippen LogP contribution is 2.39. The first kappa shape index (κ1) is 21.5. The number of phenolic OH excluding ortho intramolecular Hbond substituents is 1. The van der Waals surface area contributed by atoms with Gasteiger partial charge < -0.3 is 29.9 Å². The van der Waals surface area contributed by atoms with Gasteiger partial charge in [0.1, 0.15) is 28.4 Å². The van der Waals surface area contributed by atoms with Crippen LogP contribution in [0.4, 0.5) is 0 Å². The number of carboxylic acid groups (broad SMARTS) is 3. The molecule has 1 aromatic heterocycles. The van der Waals surface area contributed by atoms with Crippen molar-refractivity contribution in [1.82, 2.24) is 0 Å². The minimum absolute atomic E-state index is 0.117. The minimum atomic E-state index is -3.39. The first-order chi connectivity index (χ1) is 14.6. The second-order valence-electron chi connectivity index (χ2n) is 6.76. The van der Waals surface area contributed by atoms with Gasteiger partial charge in [-0.15, -0.1) is 0 Å². The average molecular weight is 428 g/mol. The molecule has 0 radical (unpaired) electrons. The summed E-state index contributed by atoms with van der Waals surface area (Å²) in [7, 11) is 0. The maximum Gasteiger partial charge on any atom is 0.337 e. The van der Waals surface area contributed by atoms with E-state index in [0.717, 1.165) is 6.07 Å². The number of hydrogen-bond donors (Lipinski definition) is 5.